The number of unbranched alkanes of at least 4 members (excludes halogenated alkanes) is 1. The van der Waals surface area contributed by atoms with Crippen molar-refractivity contribution in [3.63, 3.8) is 0 Å². The first-order valence-electron chi connectivity index (χ1n) is 10.1. The molecule has 0 atom stereocenters. The van der Waals surface area contributed by atoms with Crippen LogP contribution < -0.4 is 15.4 Å². The van der Waals surface area contributed by atoms with Gasteiger partial charge in [-0.25, -0.2) is 4.79 Å². The third-order valence-electron chi connectivity index (χ3n) is 4.40. The average molecular weight is 428 g/mol. The molecule has 0 heterocycles. The molecule has 0 radical (unpaired) electrons. The molecule has 0 saturated carbocycles. The van der Waals surface area contributed by atoms with Gasteiger partial charge in [0.25, 0.3) is 0 Å². The molecular formula is C23H28N2O6. The van der Waals surface area contributed by atoms with Gasteiger partial charge in [0.05, 0.1) is 12.3 Å². The third kappa shape index (κ3) is 6.74. The van der Waals surface area contributed by atoms with Crippen molar-refractivity contribution in [2.75, 3.05) is 17.2 Å². The van der Waals surface area contributed by atoms with E-state index in [2.05, 4.69) is 15.4 Å². The largest absolute Gasteiger partial charge is 0.506 e. The van der Waals surface area contributed by atoms with Gasteiger partial charge in [0.1, 0.15) is 17.2 Å². The highest BCUT2D eigenvalue weighted by Crippen LogP contribution is 2.35. The number of amides is 2. The van der Waals surface area contributed by atoms with Gasteiger partial charge in [-0.3, -0.25) is 9.59 Å². The predicted octanol–water partition coefficient (Wildman–Crippen LogP) is 4.43. The minimum atomic E-state index is -0.948. The van der Waals surface area contributed by atoms with Gasteiger partial charge in [-0.05, 0) is 62.6 Å². The molecule has 0 aliphatic heterocycles. The number of anilines is 2. The number of carbonyl (C=O) groups excluding carboxylic acids is 3. The zero-order valence-corrected chi connectivity index (χ0v) is 18.2. The maximum atomic E-state index is 12.0. The van der Waals surface area contributed by atoms with E-state index >= 15 is 0 Å². The summed E-state index contributed by atoms with van der Waals surface area (Å²) in [5, 5.41) is 15.2. The lowest BCUT2D eigenvalue weighted by atomic mass is 10.1. The number of phenolic OH excluding ortho intramolecular Hbond substituents is 1. The highest BCUT2D eigenvalue weighted by atomic mass is 16.5. The van der Waals surface area contributed by atoms with Crippen molar-refractivity contribution in [1.29, 1.82) is 0 Å². The van der Waals surface area contributed by atoms with E-state index in [1.807, 2.05) is 6.92 Å². The zero-order valence-electron chi connectivity index (χ0n) is 18.2. The fourth-order valence-electron chi connectivity index (χ4n) is 2.91. The van der Waals surface area contributed by atoms with Crippen LogP contribution in [0.3, 0.4) is 0 Å². The normalized spacial score (nSPS) is 10.3. The minimum Gasteiger partial charge on any atom is -0.506 e. The second-order valence-corrected chi connectivity index (χ2v) is 7.05. The number of ether oxygens (including phenoxy) is 2. The van der Waals surface area contributed by atoms with Crippen LogP contribution in [0.4, 0.5) is 11.4 Å². The SMILES string of the molecule is CCCCC(=O)Nc1cc(Oc2c(C)cc(NC(=O)C(=O)OCC)cc2C)ccc1O. The van der Waals surface area contributed by atoms with E-state index in [9.17, 15) is 19.5 Å². The summed E-state index contributed by atoms with van der Waals surface area (Å²) < 4.78 is 10.7. The first kappa shape index (κ1) is 23.7. The number of hydrogen-bond donors (Lipinski definition) is 3. The number of phenols is 1. The Morgan fingerprint density at radius 2 is 1.68 bits per heavy atom. The van der Waals surface area contributed by atoms with E-state index in [0.717, 1.165) is 24.0 Å². The van der Waals surface area contributed by atoms with Gasteiger partial charge in [-0.15, -0.1) is 0 Å². The van der Waals surface area contributed by atoms with Crippen LogP contribution in [0.15, 0.2) is 30.3 Å². The van der Waals surface area contributed by atoms with E-state index < -0.39 is 11.9 Å². The molecule has 0 bridgehead atoms. The third-order valence-corrected chi connectivity index (χ3v) is 4.40. The Bertz CT molecular complexity index is 948. The summed E-state index contributed by atoms with van der Waals surface area (Å²) in [4.78, 5) is 35.3. The van der Waals surface area contributed by atoms with E-state index in [1.54, 1.807) is 45.0 Å². The molecule has 0 saturated heterocycles. The Morgan fingerprint density at radius 1 is 1.00 bits per heavy atom. The highest BCUT2D eigenvalue weighted by molar-refractivity contribution is 6.37. The van der Waals surface area contributed by atoms with Gasteiger partial charge in [0, 0.05) is 18.2 Å². The molecular weight excluding hydrogens is 400 g/mol. The zero-order chi connectivity index (χ0) is 23.0. The van der Waals surface area contributed by atoms with Gasteiger partial charge < -0.3 is 25.2 Å². The monoisotopic (exact) mass is 428 g/mol. The van der Waals surface area contributed by atoms with Crippen LogP contribution in [0.5, 0.6) is 17.2 Å². The maximum Gasteiger partial charge on any atom is 0.397 e. The molecule has 0 unspecified atom stereocenters. The standard InChI is InChI=1S/C23H28N2O6/c1-5-7-8-20(27)25-18-13-17(9-10-19(18)26)31-21-14(3)11-16(12-15(21)4)24-22(28)23(29)30-6-2/h9-13,26H,5-8H2,1-4H3,(H,24,28)(H,25,27). The van der Waals surface area contributed by atoms with Crippen LogP contribution in [-0.4, -0.2) is 29.5 Å². The molecule has 3 N–H and O–H groups in total. The molecule has 8 nitrogen and oxygen atoms in total. The fraction of sp³-hybridized carbons (Fsp3) is 0.348. The second-order valence-electron chi connectivity index (χ2n) is 7.05. The van der Waals surface area contributed by atoms with Gasteiger partial charge in [-0.2, -0.15) is 0 Å². The number of hydrogen-bond acceptors (Lipinski definition) is 6. The van der Waals surface area contributed by atoms with Crippen molar-refractivity contribution in [2.45, 2.75) is 47.0 Å². The Hall–Kier alpha value is -3.55. The maximum absolute atomic E-state index is 12.0. The summed E-state index contributed by atoms with van der Waals surface area (Å²) in [7, 11) is 0. The first-order valence-corrected chi connectivity index (χ1v) is 10.1. The molecule has 2 aromatic carbocycles. The molecule has 2 amide bonds. The van der Waals surface area contributed by atoms with Crippen molar-refractivity contribution >= 4 is 29.2 Å². The van der Waals surface area contributed by atoms with Gasteiger partial charge in [0.2, 0.25) is 5.91 Å². The number of aromatic hydroxyl groups is 1. The van der Waals surface area contributed by atoms with Crippen molar-refractivity contribution in [3.8, 4) is 17.2 Å². The predicted molar refractivity (Wildman–Crippen MR) is 118 cm³/mol. The summed E-state index contributed by atoms with van der Waals surface area (Å²) in [6, 6.07) is 7.94. The lowest BCUT2D eigenvalue weighted by Gasteiger charge is -2.15. The smallest absolute Gasteiger partial charge is 0.397 e. The summed E-state index contributed by atoms with van der Waals surface area (Å²) >= 11 is 0. The fourth-order valence-corrected chi connectivity index (χ4v) is 2.91. The number of benzene rings is 2. The van der Waals surface area contributed by atoms with Crippen LogP contribution in [0.2, 0.25) is 0 Å². The first-order chi connectivity index (χ1) is 14.7. The Kier molecular flexibility index (Phi) is 8.43. The number of rotatable bonds is 8. The summed E-state index contributed by atoms with van der Waals surface area (Å²) in [5.74, 6) is -1.04. The molecule has 0 aromatic heterocycles. The molecule has 0 fully saturated rings. The van der Waals surface area contributed by atoms with E-state index in [0.29, 0.717) is 23.6 Å². The molecule has 0 spiro atoms. The van der Waals surface area contributed by atoms with E-state index in [4.69, 9.17) is 4.74 Å². The number of esters is 1. The lowest BCUT2D eigenvalue weighted by Crippen LogP contribution is -2.25. The molecule has 0 aliphatic carbocycles. The van der Waals surface area contributed by atoms with Crippen molar-refractivity contribution in [1.82, 2.24) is 0 Å². The van der Waals surface area contributed by atoms with Crippen LogP contribution >= 0.6 is 0 Å². The van der Waals surface area contributed by atoms with E-state index in [1.165, 1.54) is 6.07 Å². The Morgan fingerprint density at radius 3 is 2.29 bits per heavy atom. The minimum absolute atomic E-state index is 0.0531. The van der Waals surface area contributed by atoms with E-state index in [-0.39, 0.29) is 24.0 Å². The molecule has 2 aromatic rings. The molecule has 2 rings (SSSR count). The van der Waals surface area contributed by atoms with Crippen LogP contribution in [0.25, 0.3) is 0 Å². The van der Waals surface area contributed by atoms with Crippen molar-refractivity contribution in [2.24, 2.45) is 0 Å². The quantitative estimate of drug-likeness (QED) is 0.326. The average Bonchev–Trinajstić information content (AvgIpc) is 2.71. The topological polar surface area (TPSA) is 114 Å². The molecule has 166 valence electrons. The van der Waals surface area contributed by atoms with Gasteiger partial charge >= 0.3 is 11.9 Å². The van der Waals surface area contributed by atoms with Gasteiger partial charge in [-0.1, -0.05) is 13.3 Å². The molecule has 8 heteroatoms. The van der Waals surface area contributed by atoms with Crippen LogP contribution in [0, 0.1) is 13.8 Å². The Balaban J connectivity index is 2.17. The number of aryl methyl sites for hydroxylation is 2. The van der Waals surface area contributed by atoms with Crippen molar-refractivity contribution in [3.05, 3.63) is 41.5 Å². The van der Waals surface area contributed by atoms with Crippen molar-refractivity contribution < 1.29 is 29.0 Å². The summed E-state index contributed by atoms with van der Waals surface area (Å²) in [6.45, 7) is 7.34. The summed E-state index contributed by atoms with van der Waals surface area (Å²) in [5.41, 5.74) is 2.16. The van der Waals surface area contributed by atoms with Gasteiger partial charge in [0.15, 0.2) is 0 Å². The lowest BCUT2D eigenvalue weighted by molar-refractivity contribution is -0.152. The number of carbonyl (C=O) groups is 3. The molecule has 31 heavy (non-hydrogen) atoms. The van der Waals surface area contributed by atoms with Crippen LogP contribution in [-0.2, 0) is 19.1 Å². The highest BCUT2D eigenvalue weighted by Gasteiger charge is 2.17. The molecule has 0 aliphatic rings. The number of nitrogens with one attached hydrogen (secondary N) is 2. The second kappa shape index (κ2) is 11.0. The summed E-state index contributed by atoms with van der Waals surface area (Å²) in [6.07, 6.45) is 2.04. The Labute approximate surface area is 181 Å². The van der Waals surface area contributed by atoms with Crippen LogP contribution in [0.1, 0.15) is 44.2 Å².